The minimum atomic E-state index is -0.0240. The molecule has 3 saturated heterocycles. The predicted molar refractivity (Wildman–Crippen MR) is 140 cm³/mol. The van der Waals surface area contributed by atoms with Crippen LogP contribution in [0.15, 0.2) is 4.99 Å². The number of unbranched alkanes of at least 4 members (excludes halogenated alkanes) is 2. The summed E-state index contributed by atoms with van der Waals surface area (Å²) in [5, 5.41) is 7.08. The Morgan fingerprint density at radius 1 is 0.970 bits per heavy atom. The van der Waals surface area contributed by atoms with Gasteiger partial charge in [-0.25, -0.2) is 4.79 Å². The number of nitrogens with two attached hydrogens (primary N) is 1. The Kier molecular flexibility index (Phi) is 11.6. The second-order valence-electron chi connectivity index (χ2n) is 9.46. The van der Waals surface area contributed by atoms with E-state index >= 15 is 0 Å². The Hall–Kier alpha value is -1.22. The lowest BCUT2D eigenvalue weighted by Gasteiger charge is -2.16. The number of nitrogens with zero attached hydrogens (tertiary/aromatic N) is 1. The van der Waals surface area contributed by atoms with E-state index in [0.29, 0.717) is 46.7 Å². The average molecular weight is 499 g/mol. The number of hydrogen-bond acceptors (Lipinski definition) is 7. The molecule has 0 aromatic rings. The van der Waals surface area contributed by atoms with Gasteiger partial charge >= 0.3 is 6.03 Å². The number of urea groups is 1. The number of thioether (sulfide) groups is 2. The maximum Gasteiger partial charge on any atom is 0.315 e. The van der Waals surface area contributed by atoms with Gasteiger partial charge in [-0.05, 0) is 51.2 Å². The molecule has 7 nitrogen and oxygen atoms in total. The van der Waals surface area contributed by atoms with E-state index in [4.69, 9.17) is 5.73 Å². The molecule has 9 heteroatoms. The summed E-state index contributed by atoms with van der Waals surface area (Å²) in [4.78, 5) is 37.3. The second kappa shape index (κ2) is 13.6. The van der Waals surface area contributed by atoms with Crippen molar-refractivity contribution >= 4 is 47.0 Å². The van der Waals surface area contributed by atoms with Crippen molar-refractivity contribution in [1.29, 1.82) is 0 Å². The average Bonchev–Trinajstić information content (AvgIpc) is 3.45. The van der Waals surface area contributed by atoms with Crippen molar-refractivity contribution in [2.24, 2.45) is 16.6 Å². The number of amidine groups is 1. The number of carbonyl (C=O) groups excluding carboxylic acids is 3. The molecule has 0 aromatic heterocycles. The highest BCUT2D eigenvalue weighted by Gasteiger charge is 2.42. The van der Waals surface area contributed by atoms with E-state index in [9.17, 15) is 14.4 Å². The summed E-state index contributed by atoms with van der Waals surface area (Å²) < 4.78 is 0. The van der Waals surface area contributed by atoms with Crippen LogP contribution in [0.2, 0.25) is 0 Å². The van der Waals surface area contributed by atoms with Gasteiger partial charge < -0.3 is 26.0 Å². The van der Waals surface area contributed by atoms with Crippen LogP contribution >= 0.6 is 23.5 Å². The lowest BCUT2D eigenvalue weighted by molar-refractivity contribution is -0.117. The van der Waals surface area contributed by atoms with Gasteiger partial charge in [0.25, 0.3) is 0 Å². The fraction of sp³-hybridized carbons (Fsp3) is 0.833. The zero-order chi connectivity index (χ0) is 23.1. The SMILES string of the molecule is C.CC(=O)CCCCC1SCC2CC(N)=NC21.CC(=O)CCCCC1SCC2NC(=O)NC21. The van der Waals surface area contributed by atoms with Crippen molar-refractivity contribution in [1.82, 2.24) is 10.6 Å². The molecule has 0 aromatic carbocycles. The van der Waals surface area contributed by atoms with Crippen LogP contribution in [0.3, 0.4) is 0 Å². The van der Waals surface area contributed by atoms with Crippen molar-refractivity contribution in [3.05, 3.63) is 0 Å². The summed E-state index contributed by atoms with van der Waals surface area (Å²) >= 11 is 3.98. The molecule has 6 unspecified atom stereocenters. The smallest absolute Gasteiger partial charge is 0.315 e. The van der Waals surface area contributed by atoms with Gasteiger partial charge in [0, 0.05) is 35.5 Å². The Labute approximate surface area is 207 Å². The third kappa shape index (κ3) is 8.50. The van der Waals surface area contributed by atoms with E-state index in [-0.39, 0.29) is 19.2 Å². The molecule has 0 bridgehead atoms. The molecule has 0 saturated carbocycles. The van der Waals surface area contributed by atoms with Crippen LogP contribution in [0.1, 0.15) is 79.1 Å². The number of amides is 2. The molecule has 4 rings (SSSR count). The zero-order valence-electron chi connectivity index (χ0n) is 19.3. The van der Waals surface area contributed by atoms with E-state index in [1.54, 1.807) is 13.8 Å². The van der Waals surface area contributed by atoms with Crippen molar-refractivity contribution in [3.63, 3.8) is 0 Å². The van der Waals surface area contributed by atoms with Crippen molar-refractivity contribution in [2.45, 2.75) is 108 Å². The fourth-order valence-corrected chi connectivity index (χ4v) is 8.13. The normalized spacial score (nSPS) is 31.3. The quantitative estimate of drug-likeness (QED) is 0.311. The molecule has 0 aliphatic carbocycles. The summed E-state index contributed by atoms with van der Waals surface area (Å²) in [5.74, 6) is 4.35. The van der Waals surface area contributed by atoms with E-state index in [0.717, 1.165) is 56.5 Å². The van der Waals surface area contributed by atoms with Gasteiger partial charge in [-0.3, -0.25) is 4.99 Å². The highest BCUT2D eigenvalue weighted by atomic mass is 32.2. The van der Waals surface area contributed by atoms with Crippen LogP contribution in [0.5, 0.6) is 0 Å². The van der Waals surface area contributed by atoms with Gasteiger partial charge in [0.15, 0.2) is 0 Å². The number of carbonyl (C=O) groups is 3. The van der Waals surface area contributed by atoms with E-state index < -0.39 is 0 Å². The lowest BCUT2D eigenvalue weighted by Crippen LogP contribution is -2.36. The summed E-state index contributed by atoms with van der Waals surface area (Å²) in [6.07, 6.45) is 8.95. The fourth-order valence-electron chi connectivity index (χ4n) is 4.96. The second-order valence-corrected chi connectivity index (χ2v) is 12.0. The number of nitrogens with one attached hydrogen (secondary N) is 2. The number of rotatable bonds is 10. The van der Waals surface area contributed by atoms with Gasteiger partial charge in [-0.2, -0.15) is 23.5 Å². The van der Waals surface area contributed by atoms with E-state index in [1.165, 1.54) is 12.2 Å². The summed E-state index contributed by atoms with van der Waals surface area (Å²) in [7, 11) is 0. The third-order valence-electron chi connectivity index (χ3n) is 6.65. The van der Waals surface area contributed by atoms with Crippen LogP contribution in [0.25, 0.3) is 0 Å². The molecule has 4 N–H and O–H groups in total. The van der Waals surface area contributed by atoms with Crippen molar-refractivity contribution in [2.75, 3.05) is 11.5 Å². The monoisotopic (exact) mass is 498 g/mol. The van der Waals surface area contributed by atoms with Gasteiger partial charge in [-0.15, -0.1) is 0 Å². The Morgan fingerprint density at radius 3 is 2.21 bits per heavy atom. The highest BCUT2D eigenvalue weighted by molar-refractivity contribution is 8.00. The summed E-state index contributed by atoms with van der Waals surface area (Å²) in [6.45, 7) is 3.31. The molecule has 4 aliphatic heterocycles. The molecule has 4 heterocycles. The van der Waals surface area contributed by atoms with Crippen LogP contribution < -0.4 is 16.4 Å². The van der Waals surface area contributed by atoms with Gasteiger partial charge in [0.05, 0.1) is 24.0 Å². The maximum absolute atomic E-state index is 11.1. The third-order valence-corrected chi connectivity index (χ3v) is 9.72. The Balaban J connectivity index is 0.000000227. The number of aliphatic imine (C=N–C) groups is 1. The number of fused-ring (bicyclic) bond motifs is 2. The van der Waals surface area contributed by atoms with Crippen molar-refractivity contribution < 1.29 is 14.4 Å². The molecule has 2 amide bonds. The minimum absolute atomic E-state index is 0. The van der Waals surface area contributed by atoms with Crippen LogP contribution in [-0.4, -0.2) is 63.6 Å². The van der Waals surface area contributed by atoms with Gasteiger partial charge in [0.2, 0.25) is 0 Å². The molecular weight excluding hydrogens is 456 g/mol. The Morgan fingerprint density at radius 2 is 1.58 bits per heavy atom. The zero-order valence-corrected chi connectivity index (χ0v) is 20.9. The highest BCUT2D eigenvalue weighted by Crippen LogP contribution is 2.41. The molecule has 0 radical (unpaired) electrons. The standard InChI is InChI=1S/C12H20N2OS.C11H18N2O2S.CH4/c1-8(15)4-2-3-5-10-12-9(7-16-10)6-11(13)14-12;1-7(14)4-2-3-5-9-10-8(6-16-9)12-11(15)13-10;/h9-10,12H,2-7H2,1H3,(H2,13,14);8-10H,2-6H2,1H3,(H2,12,13,15);1H4. The topological polar surface area (TPSA) is 114 Å². The van der Waals surface area contributed by atoms with E-state index in [1.807, 2.05) is 23.5 Å². The first-order valence-corrected chi connectivity index (χ1v) is 14.0. The number of Topliss-reactive ketones (excluding diaryl/α,β-unsaturated/α-hetero) is 2. The maximum atomic E-state index is 11.1. The first-order valence-electron chi connectivity index (χ1n) is 11.9. The number of ketones is 2. The molecule has 6 atom stereocenters. The van der Waals surface area contributed by atoms with Crippen molar-refractivity contribution in [3.8, 4) is 0 Å². The lowest BCUT2D eigenvalue weighted by atomic mass is 9.96. The molecule has 3 fully saturated rings. The van der Waals surface area contributed by atoms with Gasteiger partial charge in [-0.1, -0.05) is 20.3 Å². The first kappa shape index (κ1) is 28.0. The largest absolute Gasteiger partial charge is 0.387 e. The van der Waals surface area contributed by atoms with Crippen LogP contribution in [-0.2, 0) is 9.59 Å². The summed E-state index contributed by atoms with van der Waals surface area (Å²) in [5.41, 5.74) is 5.78. The van der Waals surface area contributed by atoms with Gasteiger partial charge in [0.1, 0.15) is 11.6 Å². The summed E-state index contributed by atoms with van der Waals surface area (Å²) in [6, 6.07) is 1.07. The van der Waals surface area contributed by atoms with E-state index in [2.05, 4.69) is 15.6 Å². The Bertz CT molecular complexity index is 718. The molecule has 188 valence electrons. The molecule has 33 heavy (non-hydrogen) atoms. The minimum Gasteiger partial charge on any atom is -0.387 e. The first-order chi connectivity index (χ1) is 15.3. The molecule has 0 spiro atoms. The molecular formula is C24H42N4O3S2. The van der Waals surface area contributed by atoms with Crippen LogP contribution in [0.4, 0.5) is 4.79 Å². The number of hydrogen-bond donors (Lipinski definition) is 3. The van der Waals surface area contributed by atoms with Crippen LogP contribution in [0, 0.1) is 5.92 Å². The predicted octanol–water partition coefficient (Wildman–Crippen LogP) is 3.93. The molecule has 4 aliphatic rings.